The van der Waals surface area contributed by atoms with Gasteiger partial charge in [0.05, 0.1) is 0 Å². The number of carboxylic acids is 3. The molecule has 0 saturated carbocycles. The Morgan fingerprint density at radius 1 is 0.857 bits per heavy atom. The van der Waals surface area contributed by atoms with E-state index in [1.54, 1.807) is 0 Å². The van der Waals surface area contributed by atoms with Crippen LogP contribution in [0.25, 0.3) is 0 Å². The van der Waals surface area contributed by atoms with Crippen molar-refractivity contribution in [2.45, 2.75) is 13.8 Å². The van der Waals surface area contributed by atoms with Gasteiger partial charge in [-0.2, -0.15) is 0 Å². The van der Waals surface area contributed by atoms with Crippen LogP contribution in [0.2, 0.25) is 0 Å². The summed E-state index contributed by atoms with van der Waals surface area (Å²) in [5.74, 6) is -3.39. The summed E-state index contributed by atoms with van der Waals surface area (Å²) in [6.45, 7) is 12.1. The van der Waals surface area contributed by atoms with Gasteiger partial charge in [-0.15, -0.1) is 0 Å². The zero-order chi connectivity index (χ0) is 17.6. The van der Waals surface area contributed by atoms with Crippen molar-refractivity contribution in [2.75, 3.05) is 0 Å². The number of carbonyl (C=O) groups excluding carboxylic acids is 1. The molecule has 0 spiro atoms. The molecule has 0 atom stereocenters. The van der Waals surface area contributed by atoms with Crippen LogP contribution in [-0.4, -0.2) is 39.0 Å². The minimum Gasteiger partial charge on any atom is -0.478 e. The van der Waals surface area contributed by atoms with Crippen LogP contribution in [-0.2, 0) is 19.2 Å². The number of carbonyl (C=O) groups is 4. The van der Waals surface area contributed by atoms with Gasteiger partial charge < -0.3 is 15.3 Å². The summed E-state index contributed by atoms with van der Waals surface area (Å²) in [4.78, 5) is 39.4. The maximum Gasteiger partial charge on any atom is 0.331 e. The summed E-state index contributed by atoms with van der Waals surface area (Å²) in [5.41, 5.74) is 0.194. The first kappa shape index (κ1) is 23.2. The van der Waals surface area contributed by atoms with Crippen molar-refractivity contribution < 1.29 is 34.5 Å². The Morgan fingerprint density at radius 2 is 1.19 bits per heavy atom. The Bertz CT molecular complexity index is 458. The van der Waals surface area contributed by atoms with E-state index in [0.717, 1.165) is 18.2 Å². The number of carboxylic acid groups (broad SMARTS) is 3. The third kappa shape index (κ3) is 22.7. The van der Waals surface area contributed by atoms with E-state index < -0.39 is 17.9 Å². The lowest BCUT2D eigenvalue weighted by molar-refractivity contribution is -0.133. The van der Waals surface area contributed by atoms with E-state index in [2.05, 4.69) is 19.7 Å². The van der Waals surface area contributed by atoms with Gasteiger partial charge in [0.15, 0.2) is 5.78 Å². The van der Waals surface area contributed by atoms with Crippen molar-refractivity contribution in [1.82, 2.24) is 0 Å². The average Bonchev–Trinajstić information content (AvgIpc) is 2.39. The Kier molecular flexibility index (Phi) is 14.9. The molecule has 0 unspecified atom stereocenters. The van der Waals surface area contributed by atoms with Gasteiger partial charge in [0, 0.05) is 17.2 Å². The average molecular weight is 298 g/mol. The molecule has 0 radical (unpaired) electrons. The zero-order valence-electron chi connectivity index (χ0n) is 11.8. The number of ketones is 1. The summed E-state index contributed by atoms with van der Waals surface area (Å²) in [5, 5.41) is 23.8. The van der Waals surface area contributed by atoms with Crippen molar-refractivity contribution in [3.8, 4) is 0 Å². The van der Waals surface area contributed by atoms with E-state index in [1.807, 2.05) is 0 Å². The minimum absolute atomic E-state index is 0.0184. The predicted molar refractivity (Wildman–Crippen MR) is 76.9 cm³/mol. The minimum atomic E-state index is -1.09. The Balaban J connectivity index is -0.000000252. The first-order chi connectivity index (χ1) is 9.49. The topological polar surface area (TPSA) is 129 Å². The smallest absolute Gasteiger partial charge is 0.331 e. The first-order valence-corrected chi connectivity index (χ1v) is 5.31. The molecule has 3 N–H and O–H groups in total. The highest BCUT2D eigenvalue weighted by Crippen LogP contribution is 1.92. The molecule has 7 nitrogen and oxygen atoms in total. The normalized spacial score (nSPS) is 8.76. The van der Waals surface area contributed by atoms with Crippen molar-refractivity contribution in [3.63, 3.8) is 0 Å². The standard InChI is InChI=1S/C7H8O3.C4H6O2.C3H4O2/c1-3-6(8)4-5(2)7(9)10;1-3(2)4(5)6;1-2-3(4)5/h3-4H,1H2,2H3,(H,9,10);1H2,2H3,(H,5,6);2H,1H2,(H,4,5). The molecule has 116 valence electrons. The fourth-order valence-electron chi connectivity index (χ4n) is 0.334. The molecule has 0 amide bonds. The van der Waals surface area contributed by atoms with Gasteiger partial charge in [-0.25, -0.2) is 14.4 Å². The molecule has 0 aromatic carbocycles. The lowest BCUT2D eigenvalue weighted by Gasteiger charge is -1.87. The Hall–Kier alpha value is -2.96. The van der Waals surface area contributed by atoms with Crippen molar-refractivity contribution in [2.24, 2.45) is 0 Å². The van der Waals surface area contributed by atoms with E-state index in [1.165, 1.54) is 13.8 Å². The van der Waals surface area contributed by atoms with Crippen LogP contribution in [0.4, 0.5) is 0 Å². The summed E-state index contributed by atoms with van der Waals surface area (Å²) in [7, 11) is 0. The van der Waals surface area contributed by atoms with Crippen molar-refractivity contribution in [1.29, 1.82) is 0 Å². The molecular formula is C14H18O7. The predicted octanol–water partition coefficient (Wildman–Crippen LogP) is 1.68. The number of hydrogen-bond donors (Lipinski definition) is 3. The molecule has 7 heteroatoms. The molecule has 0 rings (SSSR count). The highest BCUT2D eigenvalue weighted by atomic mass is 16.4. The van der Waals surface area contributed by atoms with Gasteiger partial charge in [-0.3, -0.25) is 4.79 Å². The fraction of sp³-hybridized carbons (Fsp3) is 0.143. The van der Waals surface area contributed by atoms with Crippen LogP contribution in [0.15, 0.2) is 49.1 Å². The van der Waals surface area contributed by atoms with Crippen molar-refractivity contribution in [3.05, 3.63) is 49.1 Å². The lowest BCUT2D eigenvalue weighted by Crippen LogP contribution is -1.98. The van der Waals surface area contributed by atoms with E-state index in [9.17, 15) is 19.2 Å². The summed E-state index contributed by atoms with van der Waals surface area (Å²) < 4.78 is 0. The lowest BCUT2D eigenvalue weighted by atomic mass is 10.2. The molecule has 0 aliphatic carbocycles. The van der Waals surface area contributed by atoms with Crippen LogP contribution >= 0.6 is 0 Å². The molecule has 0 saturated heterocycles. The summed E-state index contributed by atoms with van der Waals surface area (Å²) in [6, 6.07) is 0. The molecule has 0 aromatic rings. The van der Waals surface area contributed by atoms with Gasteiger partial charge >= 0.3 is 17.9 Å². The Morgan fingerprint density at radius 3 is 1.33 bits per heavy atom. The van der Waals surface area contributed by atoms with Gasteiger partial charge in [-0.1, -0.05) is 19.7 Å². The molecule has 0 fully saturated rings. The third-order valence-electron chi connectivity index (χ3n) is 1.44. The van der Waals surface area contributed by atoms with E-state index in [4.69, 9.17) is 15.3 Å². The maximum atomic E-state index is 10.5. The van der Waals surface area contributed by atoms with Gasteiger partial charge in [0.1, 0.15) is 0 Å². The first-order valence-electron chi connectivity index (χ1n) is 5.31. The van der Waals surface area contributed by atoms with Crippen molar-refractivity contribution >= 4 is 23.7 Å². The largest absolute Gasteiger partial charge is 0.478 e. The number of hydrogen-bond acceptors (Lipinski definition) is 4. The molecule has 0 aliphatic rings. The van der Waals surface area contributed by atoms with Crippen LogP contribution in [0.5, 0.6) is 0 Å². The van der Waals surface area contributed by atoms with Gasteiger partial charge in [0.2, 0.25) is 0 Å². The van der Waals surface area contributed by atoms with E-state index >= 15 is 0 Å². The molecule has 21 heavy (non-hydrogen) atoms. The maximum absolute atomic E-state index is 10.5. The molecule has 0 heterocycles. The zero-order valence-corrected chi connectivity index (χ0v) is 11.8. The number of aliphatic carboxylic acids is 3. The van der Waals surface area contributed by atoms with Crippen LogP contribution in [0, 0.1) is 0 Å². The summed E-state index contributed by atoms with van der Waals surface area (Å²) >= 11 is 0. The second-order valence-corrected chi connectivity index (χ2v) is 3.37. The van der Waals surface area contributed by atoms with Gasteiger partial charge in [0.25, 0.3) is 0 Å². The SMILES string of the molecule is C=C(C)C(=O)O.C=CC(=O)C=C(C)C(=O)O.C=CC(=O)O. The second-order valence-electron chi connectivity index (χ2n) is 3.37. The van der Waals surface area contributed by atoms with Crippen LogP contribution in [0.3, 0.4) is 0 Å². The van der Waals surface area contributed by atoms with E-state index in [0.29, 0.717) is 0 Å². The molecular weight excluding hydrogens is 280 g/mol. The monoisotopic (exact) mass is 298 g/mol. The fourth-order valence-corrected chi connectivity index (χ4v) is 0.334. The quantitative estimate of drug-likeness (QED) is 0.658. The van der Waals surface area contributed by atoms with E-state index in [-0.39, 0.29) is 16.9 Å². The second kappa shape index (κ2) is 13.5. The number of rotatable bonds is 5. The van der Waals surface area contributed by atoms with Crippen LogP contribution in [0.1, 0.15) is 13.8 Å². The highest BCUT2D eigenvalue weighted by Gasteiger charge is 2.00. The Labute approximate surface area is 122 Å². The molecule has 0 aliphatic heterocycles. The van der Waals surface area contributed by atoms with Crippen LogP contribution < -0.4 is 0 Å². The number of allylic oxidation sites excluding steroid dienone is 2. The molecule has 0 aromatic heterocycles. The highest BCUT2D eigenvalue weighted by molar-refractivity contribution is 6.03. The summed E-state index contributed by atoms with van der Waals surface area (Å²) in [6.07, 6.45) is 2.92. The molecule has 0 bridgehead atoms. The van der Waals surface area contributed by atoms with Gasteiger partial charge in [-0.05, 0) is 26.0 Å². The third-order valence-corrected chi connectivity index (χ3v) is 1.44.